The van der Waals surface area contributed by atoms with Crippen LogP contribution in [-0.2, 0) is 0 Å². The van der Waals surface area contributed by atoms with E-state index in [9.17, 15) is 0 Å². The lowest BCUT2D eigenvalue weighted by molar-refractivity contribution is 0.323. The standard InChI is InChI=1S/C12H20N2O/c1-4-15-11-8-6-5-7-10(11)12(14-13)9(2)3/h5-9,12,14H,4,13H2,1-3H3. The van der Waals surface area contributed by atoms with Crippen LogP contribution < -0.4 is 16.0 Å². The van der Waals surface area contributed by atoms with Crippen molar-refractivity contribution in [3.63, 3.8) is 0 Å². The molecular formula is C12H20N2O. The first-order chi connectivity index (χ1) is 7.20. The Morgan fingerprint density at radius 1 is 1.33 bits per heavy atom. The molecule has 1 atom stereocenters. The van der Waals surface area contributed by atoms with Gasteiger partial charge in [-0.25, -0.2) is 0 Å². The molecule has 0 heterocycles. The van der Waals surface area contributed by atoms with Gasteiger partial charge in [-0.3, -0.25) is 11.3 Å². The van der Waals surface area contributed by atoms with Gasteiger partial charge in [0.15, 0.2) is 0 Å². The molecule has 0 saturated heterocycles. The van der Waals surface area contributed by atoms with Gasteiger partial charge in [0.25, 0.3) is 0 Å². The molecule has 0 spiro atoms. The smallest absolute Gasteiger partial charge is 0.124 e. The fourth-order valence-corrected chi connectivity index (χ4v) is 1.67. The summed E-state index contributed by atoms with van der Waals surface area (Å²) in [4.78, 5) is 0. The third-order valence-electron chi connectivity index (χ3n) is 2.40. The van der Waals surface area contributed by atoms with Gasteiger partial charge in [0.1, 0.15) is 5.75 Å². The fraction of sp³-hybridized carbons (Fsp3) is 0.500. The largest absolute Gasteiger partial charge is 0.494 e. The Morgan fingerprint density at radius 2 is 2.00 bits per heavy atom. The third-order valence-corrected chi connectivity index (χ3v) is 2.40. The number of para-hydroxylation sites is 1. The molecule has 84 valence electrons. The lowest BCUT2D eigenvalue weighted by Crippen LogP contribution is -2.31. The van der Waals surface area contributed by atoms with E-state index in [2.05, 4.69) is 25.3 Å². The number of hydrazine groups is 1. The van der Waals surface area contributed by atoms with Gasteiger partial charge >= 0.3 is 0 Å². The van der Waals surface area contributed by atoms with Crippen LogP contribution in [0.5, 0.6) is 5.75 Å². The summed E-state index contributed by atoms with van der Waals surface area (Å²) < 4.78 is 5.57. The van der Waals surface area contributed by atoms with E-state index in [0.29, 0.717) is 12.5 Å². The highest BCUT2D eigenvalue weighted by Crippen LogP contribution is 2.29. The SMILES string of the molecule is CCOc1ccccc1C(NN)C(C)C. The number of benzene rings is 1. The number of rotatable bonds is 5. The van der Waals surface area contributed by atoms with Gasteiger partial charge in [-0.2, -0.15) is 0 Å². The Balaban J connectivity index is 2.99. The molecule has 0 aliphatic rings. The highest BCUT2D eigenvalue weighted by molar-refractivity contribution is 5.36. The van der Waals surface area contributed by atoms with Gasteiger partial charge in [-0.1, -0.05) is 32.0 Å². The van der Waals surface area contributed by atoms with Crippen molar-refractivity contribution in [3.8, 4) is 5.75 Å². The zero-order valence-corrected chi connectivity index (χ0v) is 9.66. The Kier molecular flexibility index (Phi) is 4.59. The number of nitrogens with one attached hydrogen (secondary N) is 1. The van der Waals surface area contributed by atoms with Crippen LogP contribution in [0.2, 0.25) is 0 Å². The van der Waals surface area contributed by atoms with Crippen LogP contribution in [0.4, 0.5) is 0 Å². The van der Waals surface area contributed by atoms with E-state index in [4.69, 9.17) is 10.6 Å². The number of nitrogens with two attached hydrogens (primary N) is 1. The van der Waals surface area contributed by atoms with Gasteiger partial charge in [0, 0.05) is 5.56 Å². The van der Waals surface area contributed by atoms with E-state index in [0.717, 1.165) is 11.3 Å². The van der Waals surface area contributed by atoms with E-state index in [-0.39, 0.29) is 6.04 Å². The molecule has 0 amide bonds. The van der Waals surface area contributed by atoms with E-state index in [1.165, 1.54) is 0 Å². The van der Waals surface area contributed by atoms with Crippen molar-refractivity contribution in [1.82, 2.24) is 5.43 Å². The maximum atomic E-state index is 5.57. The molecule has 3 nitrogen and oxygen atoms in total. The minimum Gasteiger partial charge on any atom is -0.494 e. The van der Waals surface area contributed by atoms with Crippen molar-refractivity contribution in [2.75, 3.05) is 6.61 Å². The molecule has 0 radical (unpaired) electrons. The highest BCUT2D eigenvalue weighted by atomic mass is 16.5. The molecule has 3 N–H and O–H groups in total. The Morgan fingerprint density at radius 3 is 2.53 bits per heavy atom. The molecule has 0 aromatic heterocycles. The molecule has 0 aliphatic heterocycles. The van der Waals surface area contributed by atoms with Gasteiger partial charge in [0.2, 0.25) is 0 Å². The molecule has 0 bridgehead atoms. The summed E-state index contributed by atoms with van der Waals surface area (Å²) in [5, 5.41) is 0. The van der Waals surface area contributed by atoms with E-state index in [1.54, 1.807) is 0 Å². The summed E-state index contributed by atoms with van der Waals surface area (Å²) in [5.74, 6) is 6.91. The van der Waals surface area contributed by atoms with E-state index < -0.39 is 0 Å². The minimum atomic E-state index is 0.132. The molecular weight excluding hydrogens is 188 g/mol. The number of ether oxygens (including phenoxy) is 1. The van der Waals surface area contributed by atoms with Crippen molar-refractivity contribution in [1.29, 1.82) is 0 Å². The van der Waals surface area contributed by atoms with Gasteiger partial charge in [-0.05, 0) is 18.9 Å². The van der Waals surface area contributed by atoms with Crippen LogP contribution in [0, 0.1) is 5.92 Å². The van der Waals surface area contributed by atoms with Crippen LogP contribution in [0.1, 0.15) is 32.4 Å². The van der Waals surface area contributed by atoms with Crippen molar-refractivity contribution in [2.45, 2.75) is 26.8 Å². The minimum absolute atomic E-state index is 0.132. The van der Waals surface area contributed by atoms with Crippen molar-refractivity contribution in [3.05, 3.63) is 29.8 Å². The number of hydrogen-bond acceptors (Lipinski definition) is 3. The average molecular weight is 208 g/mol. The predicted molar refractivity (Wildman–Crippen MR) is 62.5 cm³/mol. The zero-order chi connectivity index (χ0) is 11.3. The van der Waals surface area contributed by atoms with Crippen LogP contribution in [0.25, 0.3) is 0 Å². The van der Waals surface area contributed by atoms with E-state index >= 15 is 0 Å². The van der Waals surface area contributed by atoms with Crippen LogP contribution in [-0.4, -0.2) is 6.61 Å². The molecule has 1 aromatic rings. The quantitative estimate of drug-likeness (QED) is 0.576. The lowest BCUT2D eigenvalue weighted by Gasteiger charge is -2.22. The summed E-state index contributed by atoms with van der Waals surface area (Å²) in [5.41, 5.74) is 3.96. The maximum Gasteiger partial charge on any atom is 0.124 e. The Bertz CT molecular complexity index is 299. The Hall–Kier alpha value is -1.06. The molecule has 1 aromatic carbocycles. The van der Waals surface area contributed by atoms with Gasteiger partial charge < -0.3 is 4.74 Å². The molecule has 0 fully saturated rings. The van der Waals surface area contributed by atoms with Crippen LogP contribution in [0.15, 0.2) is 24.3 Å². The first kappa shape index (κ1) is 12.0. The maximum absolute atomic E-state index is 5.57. The van der Waals surface area contributed by atoms with Crippen molar-refractivity contribution >= 4 is 0 Å². The summed E-state index contributed by atoms with van der Waals surface area (Å²) >= 11 is 0. The third kappa shape index (κ3) is 2.94. The monoisotopic (exact) mass is 208 g/mol. The number of hydrogen-bond donors (Lipinski definition) is 2. The fourth-order valence-electron chi connectivity index (χ4n) is 1.67. The first-order valence-corrected chi connectivity index (χ1v) is 5.38. The highest BCUT2D eigenvalue weighted by Gasteiger charge is 2.17. The molecule has 3 heteroatoms. The van der Waals surface area contributed by atoms with E-state index in [1.807, 2.05) is 25.1 Å². The predicted octanol–water partition coefficient (Wildman–Crippen LogP) is 2.25. The molecule has 1 unspecified atom stereocenters. The molecule has 1 rings (SSSR count). The lowest BCUT2D eigenvalue weighted by atomic mass is 9.96. The summed E-state index contributed by atoms with van der Waals surface area (Å²) in [7, 11) is 0. The van der Waals surface area contributed by atoms with Crippen molar-refractivity contribution in [2.24, 2.45) is 11.8 Å². The molecule has 0 saturated carbocycles. The Labute approximate surface area is 91.6 Å². The first-order valence-electron chi connectivity index (χ1n) is 5.38. The second-order valence-electron chi connectivity index (χ2n) is 3.86. The topological polar surface area (TPSA) is 47.3 Å². The van der Waals surface area contributed by atoms with Gasteiger partial charge in [-0.15, -0.1) is 0 Å². The van der Waals surface area contributed by atoms with Gasteiger partial charge in [0.05, 0.1) is 12.6 Å². The summed E-state index contributed by atoms with van der Waals surface area (Å²) in [6.45, 7) is 6.92. The summed E-state index contributed by atoms with van der Waals surface area (Å²) in [6.07, 6.45) is 0. The summed E-state index contributed by atoms with van der Waals surface area (Å²) in [6, 6.07) is 8.14. The second kappa shape index (κ2) is 5.73. The van der Waals surface area contributed by atoms with Crippen LogP contribution >= 0.6 is 0 Å². The van der Waals surface area contributed by atoms with Crippen molar-refractivity contribution < 1.29 is 4.74 Å². The second-order valence-corrected chi connectivity index (χ2v) is 3.86. The normalized spacial score (nSPS) is 12.9. The molecule has 15 heavy (non-hydrogen) atoms. The van der Waals surface area contributed by atoms with Crippen LogP contribution in [0.3, 0.4) is 0 Å². The average Bonchev–Trinajstić information content (AvgIpc) is 2.21. The zero-order valence-electron chi connectivity index (χ0n) is 9.66. The molecule has 0 aliphatic carbocycles.